The fraction of sp³-hybridized carbons (Fsp3) is 0.364. The van der Waals surface area contributed by atoms with E-state index in [-0.39, 0.29) is 19.0 Å². The highest BCUT2D eigenvalue weighted by molar-refractivity contribution is 5.99. The summed E-state index contributed by atoms with van der Waals surface area (Å²) in [5.41, 5.74) is 7.21. The number of hydrogen-bond donors (Lipinski definition) is 4. The van der Waals surface area contributed by atoms with Gasteiger partial charge in [0.25, 0.3) is 0 Å². The monoisotopic (exact) mass is 224 g/mol. The maximum Gasteiger partial charge on any atom is 0.161 e. The van der Waals surface area contributed by atoms with Gasteiger partial charge in [-0.2, -0.15) is 0 Å². The molecule has 0 amide bonds. The van der Waals surface area contributed by atoms with Gasteiger partial charge < -0.3 is 21.3 Å². The van der Waals surface area contributed by atoms with Crippen molar-refractivity contribution >= 4 is 17.2 Å². The fourth-order valence-electron chi connectivity index (χ4n) is 1.36. The molecule has 0 bridgehead atoms. The molecule has 0 heterocycles. The van der Waals surface area contributed by atoms with Crippen LogP contribution in [0.25, 0.3) is 0 Å². The van der Waals surface area contributed by atoms with Gasteiger partial charge in [-0.1, -0.05) is 0 Å². The van der Waals surface area contributed by atoms with Gasteiger partial charge >= 0.3 is 0 Å². The summed E-state index contributed by atoms with van der Waals surface area (Å²) in [5.74, 6) is -0.0927. The zero-order chi connectivity index (χ0) is 12.1. The minimum absolute atomic E-state index is 0.0927. The van der Waals surface area contributed by atoms with Gasteiger partial charge in [-0.15, -0.1) is 0 Å². The molecule has 1 rings (SSSR count). The van der Waals surface area contributed by atoms with E-state index in [9.17, 15) is 4.79 Å². The number of aliphatic hydroxyl groups is 2. The van der Waals surface area contributed by atoms with Crippen LogP contribution in [0.3, 0.4) is 0 Å². The van der Waals surface area contributed by atoms with Gasteiger partial charge in [-0.3, -0.25) is 4.79 Å². The Kier molecular flexibility index (Phi) is 4.28. The molecule has 16 heavy (non-hydrogen) atoms. The van der Waals surface area contributed by atoms with Crippen molar-refractivity contribution in [2.24, 2.45) is 0 Å². The average molecular weight is 224 g/mol. The predicted molar refractivity (Wildman–Crippen MR) is 62.4 cm³/mol. The van der Waals surface area contributed by atoms with Gasteiger partial charge in [-0.25, -0.2) is 0 Å². The van der Waals surface area contributed by atoms with Gasteiger partial charge in [0.2, 0.25) is 0 Å². The van der Waals surface area contributed by atoms with Crippen LogP contribution in [-0.4, -0.2) is 35.3 Å². The number of carbonyl (C=O) groups is 1. The van der Waals surface area contributed by atoms with Crippen LogP contribution >= 0.6 is 0 Å². The standard InChI is InChI=1S/C11H16N2O3/c1-7(16)10-3-2-8(4-11(10)12)13-9(5-14)6-15/h2-4,9,13-15H,5-6,12H2,1H3. The maximum atomic E-state index is 11.1. The van der Waals surface area contributed by atoms with Crippen LogP contribution in [0.5, 0.6) is 0 Å². The Morgan fingerprint density at radius 1 is 1.44 bits per heavy atom. The van der Waals surface area contributed by atoms with Crippen LogP contribution < -0.4 is 11.1 Å². The second-order valence-corrected chi connectivity index (χ2v) is 3.56. The number of nitrogens with two attached hydrogens (primary N) is 1. The molecule has 0 atom stereocenters. The van der Waals surface area contributed by atoms with Crippen molar-refractivity contribution in [3.8, 4) is 0 Å². The van der Waals surface area contributed by atoms with E-state index in [1.54, 1.807) is 18.2 Å². The Bertz CT molecular complexity index is 375. The Labute approximate surface area is 93.9 Å². The Balaban J connectivity index is 2.84. The van der Waals surface area contributed by atoms with Crippen LogP contribution in [0.15, 0.2) is 18.2 Å². The summed E-state index contributed by atoms with van der Waals surface area (Å²) < 4.78 is 0. The second-order valence-electron chi connectivity index (χ2n) is 3.56. The summed E-state index contributed by atoms with van der Waals surface area (Å²) in [5, 5.41) is 20.7. The van der Waals surface area contributed by atoms with Gasteiger partial charge in [-0.05, 0) is 25.1 Å². The number of hydrogen-bond acceptors (Lipinski definition) is 5. The summed E-state index contributed by atoms with van der Waals surface area (Å²) in [6.45, 7) is 1.10. The zero-order valence-electron chi connectivity index (χ0n) is 9.10. The Morgan fingerprint density at radius 2 is 2.06 bits per heavy atom. The number of nitrogen functional groups attached to an aromatic ring is 1. The molecule has 1 aromatic carbocycles. The van der Waals surface area contributed by atoms with Crippen molar-refractivity contribution in [2.45, 2.75) is 13.0 Å². The summed E-state index contributed by atoms with van der Waals surface area (Å²) >= 11 is 0. The SMILES string of the molecule is CC(=O)c1ccc(NC(CO)CO)cc1N. The van der Waals surface area contributed by atoms with E-state index < -0.39 is 6.04 Å². The Hall–Kier alpha value is -1.59. The van der Waals surface area contributed by atoms with Crippen LogP contribution in [0, 0.1) is 0 Å². The van der Waals surface area contributed by atoms with Crippen molar-refractivity contribution in [3.05, 3.63) is 23.8 Å². The van der Waals surface area contributed by atoms with E-state index in [4.69, 9.17) is 15.9 Å². The highest BCUT2D eigenvalue weighted by atomic mass is 16.3. The molecule has 0 spiro atoms. The first-order valence-corrected chi connectivity index (χ1v) is 4.97. The smallest absolute Gasteiger partial charge is 0.161 e. The number of aliphatic hydroxyl groups excluding tert-OH is 2. The molecule has 0 aliphatic heterocycles. The van der Waals surface area contributed by atoms with Crippen molar-refractivity contribution < 1.29 is 15.0 Å². The summed E-state index contributed by atoms with van der Waals surface area (Å²) in [4.78, 5) is 11.1. The molecule has 0 saturated heterocycles. The molecule has 88 valence electrons. The van der Waals surface area contributed by atoms with Gasteiger partial charge in [0.1, 0.15) is 0 Å². The van der Waals surface area contributed by atoms with Crippen molar-refractivity contribution in [3.63, 3.8) is 0 Å². The third-order valence-electron chi connectivity index (χ3n) is 2.24. The van der Waals surface area contributed by atoms with E-state index in [0.29, 0.717) is 16.9 Å². The molecule has 0 unspecified atom stereocenters. The molecule has 1 aromatic rings. The quantitative estimate of drug-likeness (QED) is 0.424. The number of anilines is 2. The molecule has 0 aliphatic carbocycles. The van der Waals surface area contributed by atoms with Crippen molar-refractivity contribution in [2.75, 3.05) is 24.3 Å². The van der Waals surface area contributed by atoms with E-state index in [2.05, 4.69) is 5.32 Å². The lowest BCUT2D eigenvalue weighted by molar-refractivity contribution is 0.101. The summed E-state index contributed by atoms with van der Waals surface area (Å²) in [6, 6.07) is 4.48. The van der Waals surface area contributed by atoms with E-state index >= 15 is 0 Å². The topological polar surface area (TPSA) is 95.6 Å². The number of rotatable bonds is 5. The normalized spacial score (nSPS) is 10.5. The van der Waals surface area contributed by atoms with Crippen LogP contribution in [-0.2, 0) is 0 Å². The highest BCUT2D eigenvalue weighted by Gasteiger charge is 2.08. The van der Waals surface area contributed by atoms with E-state index in [1.807, 2.05) is 0 Å². The first-order valence-electron chi connectivity index (χ1n) is 4.97. The first-order chi connectivity index (χ1) is 7.58. The summed E-state index contributed by atoms with van der Waals surface area (Å²) in [7, 11) is 0. The number of Topliss-reactive ketones (excluding diaryl/α,β-unsaturated/α-hetero) is 1. The molecule has 0 saturated carbocycles. The number of benzene rings is 1. The maximum absolute atomic E-state index is 11.1. The lowest BCUT2D eigenvalue weighted by Gasteiger charge is -2.15. The minimum atomic E-state index is -0.428. The lowest BCUT2D eigenvalue weighted by Crippen LogP contribution is -2.27. The van der Waals surface area contributed by atoms with Gasteiger partial charge in [0, 0.05) is 16.9 Å². The van der Waals surface area contributed by atoms with Gasteiger partial charge in [0.15, 0.2) is 5.78 Å². The van der Waals surface area contributed by atoms with Crippen LogP contribution in [0.2, 0.25) is 0 Å². The minimum Gasteiger partial charge on any atom is -0.398 e. The van der Waals surface area contributed by atoms with E-state index in [0.717, 1.165) is 0 Å². The highest BCUT2D eigenvalue weighted by Crippen LogP contribution is 2.19. The Morgan fingerprint density at radius 3 is 2.50 bits per heavy atom. The number of ketones is 1. The average Bonchev–Trinajstić information content (AvgIpc) is 2.25. The molecular weight excluding hydrogens is 208 g/mol. The van der Waals surface area contributed by atoms with Crippen molar-refractivity contribution in [1.29, 1.82) is 0 Å². The molecule has 5 nitrogen and oxygen atoms in total. The molecule has 5 N–H and O–H groups in total. The third-order valence-corrected chi connectivity index (χ3v) is 2.24. The van der Waals surface area contributed by atoms with E-state index in [1.165, 1.54) is 6.92 Å². The number of carbonyl (C=O) groups excluding carboxylic acids is 1. The molecule has 0 aliphatic rings. The zero-order valence-corrected chi connectivity index (χ0v) is 9.10. The molecular formula is C11H16N2O3. The molecule has 5 heteroatoms. The lowest BCUT2D eigenvalue weighted by atomic mass is 10.1. The fourth-order valence-corrected chi connectivity index (χ4v) is 1.36. The largest absolute Gasteiger partial charge is 0.398 e. The summed E-state index contributed by atoms with van der Waals surface area (Å²) in [6.07, 6.45) is 0. The third kappa shape index (κ3) is 2.95. The first kappa shape index (κ1) is 12.5. The molecule has 0 fully saturated rings. The molecule has 0 aromatic heterocycles. The van der Waals surface area contributed by atoms with Crippen LogP contribution in [0.4, 0.5) is 11.4 Å². The molecule has 0 radical (unpaired) electrons. The van der Waals surface area contributed by atoms with Crippen LogP contribution in [0.1, 0.15) is 17.3 Å². The van der Waals surface area contributed by atoms with Gasteiger partial charge in [0.05, 0.1) is 19.3 Å². The predicted octanol–water partition coefficient (Wildman–Crippen LogP) is 0.236. The number of nitrogens with one attached hydrogen (secondary N) is 1. The second kappa shape index (κ2) is 5.48. The van der Waals surface area contributed by atoms with Crippen molar-refractivity contribution in [1.82, 2.24) is 0 Å².